The van der Waals surface area contributed by atoms with Crippen molar-refractivity contribution < 1.29 is 4.79 Å². The highest BCUT2D eigenvalue weighted by Crippen LogP contribution is 2.15. The minimum atomic E-state index is -0.193. The van der Waals surface area contributed by atoms with E-state index in [4.69, 9.17) is 0 Å². The van der Waals surface area contributed by atoms with Gasteiger partial charge in [-0.05, 0) is 42.7 Å². The number of fused-ring (bicyclic) bond motifs is 1. The van der Waals surface area contributed by atoms with Gasteiger partial charge in [0.15, 0.2) is 5.82 Å². The molecule has 3 rings (SSSR count). The zero-order valence-corrected chi connectivity index (χ0v) is 17.3. The molecule has 6 nitrogen and oxygen atoms in total. The number of hydrogen-bond donors (Lipinski definition) is 1. The molecule has 0 aliphatic heterocycles. The minimum absolute atomic E-state index is 0.120. The van der Waals surface area contributed by atoms with Gasteiger partial charge >= 0.3 is 0 Å². The molecule has 152 valence electrons. The molecule has 1 N–H and O–H groups in total. The Balaban J connectivity index is 1.72. The van der Waals surface area contributed by atoms with Crippen LogP contribution in [-0.4, -0.2) is 29.6 Å². The van der Waals surface area contributed by atoms with Crippen LogP contribution in [0.2, 0.25) is 0 Å². The van der Waals surface area contributed by atoms with Crippen molar-refractivity contribution in [2.24, 2.45) is 0 Å². The van der Waals surface area contributed by atoms with E-state index in [0.29, 0.717) is 12.4 Å². The van der Waals surface area contributed by atoms with E-state index in [-0.39, 0.29) is 17.9 Å². The molecule has 0 bridgehead atoms. The van der Waals surface area contributed by atoms with Gasteiger partial charge in [-0.2, -0.15) is 0 Å². The van der Waals surface area contributed by atoms with Crippen molar-refractivity contribution in [3.05, 3.63) is 64.4 Å². The predicted molar refractivity (Wildman–Crippen MR) is 119 cm³/mol. The smallest absolute Gasteiger partial charge is 0.293 e. The van der Waals surface area contributed by atoms with E-state index in [1.165, 1.54) is 5.56 Å². The topological polar surface area (TPSA) is 67.2 Å². The monoisotopic (exact) mass is 392 g/mol. The summed E-state index contributed by atoms with van der Waals surface area (Å²) in [7, 11) is 3.58. The Kier molecular flexibility index (Phi) is 6.65. The van der Waals surface area contributed by atoms with Gasteiger partial charge in [0.1, 0.15) is 0 Å². The van der Waals surface area contributed by atoms with Crippen LogP contribution >= 0.6 is 0 Å². The van der Waals surface area contributed by atoms with Crippen molar-refractivity contribution in [2.45, 2.75) is 39.2 Å². The van der Waals surface area contributed by atoms with Crippen molar-refractivity contribution in [2.75, 3.05) is 24.3 Å². The van der Waals surface area contributed by atoms with Crippen LogP contribution in [-0.2, 0) is 17.8 Å². The van der Waals surface area contributed by atoms with Crippen LogP contribution in [0.5, 0.6) is 0 Å². The van der Waals surface area contributed by atoms with Crippen molar-refractivity contribution in [3.8, 4) is 0 Å². The molecular formula is C23H28N4O2. The highest BCUT2D eigenvalue weighted by Gasteiger charge is 2.13. The highest BCUT2D eigenvalue weighted by molar-refractivity contribution is 5.90. The van der Waals surface area contributed by atoms with Crippen molar-refractivity contribution in [3.63, 3.8) is 0 Å². The van der Waals surface area contributed by atoms with E-state index in [1.807, 2.05) is 36.4 Å². The number of nitrogens with one attached hydrogen (secondary N) is 1. The summed E-state index contributed by atoms with van der Waals surface area (Å²) < 4.78 is 1.63. The zero-order chi connectivity index (χ0) is 20.8. The summed E-state index contributed by atoms with van der Waals surface area (Å²) in [4.78, 5) is 31.5. The van der Waals surface area contributed by atoms with Crippen LogP contribution in [0.1, 0.15) is 31.7 Å². The molecule has 0 fully saturated rings. The first-order valence-electron chi connectivity index (χ1n) is 10.0. The Hall–Kier alpha value is -3.15. The number of hydrogen-bond acceptors (Lipinski definition) is 4. The number of para-hydroxylation sites is 2. The van der Waals surface area contributed by atoms with Gasteiger partial charge in [0.2, 0.25) is 5.91 Å². The lowest BCUT2D eigenvalue weighted by Crippen LogP contribution is -2.30. The van der Waals surface area contributed by atoms with Crippen molar-refractivity contribution in [1.29, 1.82) is 0 Å². The summed E-state index contributed by atoms with van der Waals surface area (Å²) in [5, 5.41) is 2.92. The third kappa shape index (κ3) is 5.02. The van der Waals surface area contributed by atoms with Crippen molar-refractivity contribution >= 4 is 28.4 Å². The van der Waals surface area contributed by atoms with Crippen LogP contribution in [0.15, 0.2) is 53.3 Å². The first-order chi connectivity index (χ1) is 14.0. The Labute approximate surface area is 171 Å². The van der Waals surface area contributed by atoms with Crippen LogP contribution in [0.3, 0.4) is 0 Å². The molecule has 0 spiro atoms. The first-order valence-corrected chi connectivity index (χ1v) is 10.0. The van der Waals surface area contributed by atoms with E-state index in [1.54, 1.807) is 23.6 Å². The molecule has 3 aromatic rings. The Morgan fingerprint density at radius 2 is 1.83 bits per heavy atom. The molecule has 1 aromatic heterocycles. The summed E-state index contributed by atoms with van der Waals surface area (Å²) in [6, 6.07) is 15.5. The van der Waals surface area contributed by atoms with Gasteiger partial charge in [-0.1, -0.05) is 37.6 Å². The largest absolute Gasteiger partial charge is 0.358 e. The molecule has 0 saturated heterocycles. The predicted octanol–water partition coefficient (Wildman–Crippen LogP) is 3.83. The standard InChI is InChI=1S/C23H28N4O2/c1-4-5-8-17-11-13-18(14-12-17)24-21(28)15-16-27-20-10-7-6-9-19(20)25-22(23(27)29)26(2)3/h6-7,9-14H,4-5,8,15-16H2,1-3H3,(H,24,28). The average Bonchev–Trinajstić information content (AvgIpc) is 2.72. The fourth-order valence-corrected chi connectivity index (χ4v) is 3.26. The van der Waals surface area contributed by atoms with Crippen LogP contribution in [0, 0.1) is 0 Å². The van der Waals surface area contributed by atoms with Gasteiger partial charge in [0.05, 0.1) is 11.0 Å². The fourth-order valence-electron chi connectivity index (χ4n) is 3.26. The molecule has 0 aliphatic carbocycles. The summed E-state index contributed by atoms with van der Waals surface area (Å²) in [6.45, 7) is 2.47. The van der Waals surface area contributed by atoms with E-state index in [9.17, 15) is 9.59 Å². The van der Waals surface area contributed by atoms with Gasteiger partial charge in [0, 0.05) is 32.7 Å². The third-order valence-electron chi connectivity index (χ3n) is 4.88. The van der Waals surface area contributed by atoms with Gasteiger partial charge in [-0.15, -0.1) is 0 Å². The number of unbranched alkanes of at least 4 members (excludes halogenated alkanes) is 1. The minimum Gasteiger partial charge on any atom is -0.358 e. The Morgan fingerprint density at radius 1 is 1.10 bits per heavy atom. The number of amides is 1. The maximum atomic E-state index is 12.8. The molecule has 1 amide bonds. The van der Waals surface area contributed by atoms with E-state index >= 15 is 0 Å². The van der Waals surface area contributed by atoms with Gasteiger partial charge in [-0.3, -0.25) is 9.59 Å². The molecule has 0 radical (unpaired) electrons. The molecule has 0 unspecified atom stereocenters. The molecule has 0 aliphatic rings. The van der Waals surface area contributed by atoms with Gasteiger partial charge in [0.25, 0.3) is 5.56 Å². The molecule has 2 aromatic carbocycles. The normalized spacial score (nSPS) is 10.9. The lowest BCUT2D eigenvalue weighted by atomic mass is 10.1. The summed E-state index contributed by atoms with van der Waals surface area (Å²) in [5.74, 6) is 0.247. The number of anilines is 2. The number of aromatic nitrogens is 2. The van der Waals surface area contributed by atoms with Crippen LogP contribution < -0.4 is 15.8 Å². The maximum Gasteiger partial charge on any atom is 0.293 e. The van der Waals surface area contributed by atoms with E-state index < -0.39 is 0 Å². The van der Waals surface area contributed by atoms with E-state index in [0.717, 1.165) is 36.0 Å². The second-order valence-corrected chi connectivity index (χ2v) is 7.37. The number of rotatable bonds is 8. The van der Waals surface area contributed by atoms with Crippen molar-refractivity contribution in [1.82, 2.24) is 9.55 Å². The number of benzene rings is 2. The Morgan fingerprint density at radius 3 is 2.52 bits per heavy atom. The average molecular weight is 393 g/mol. The van der Waals surface area contributed by atoms with Crippen LogP contribution in [0.4, 0.5) is 11.5 Å². The third-order valence-corrected chi connectivity index (χ3v) is 4.88. The van der Waals surface area contributed by atoms with Gasteiger partial charge in [-0.25, -0.2) is 4.98 Å². The molecule has 0 saturated carbocycles. The quantitative estimate of drug-likeness (QED) is 0.633. The Bertz CT molecular complexity index is 1040. The second-order valence-electron chi connectivity index (χ2n) is 7.37. The molecular weight excluding hydrogens is 364 g/mol. The first kappa shape index (κ1) is 20.6. The number of carbonyl (C=O) groups excluding carboxylic acids is 1. The molecule has 0 atom stereocenters. The summed E-state index contributed by atoms with van der Waals surface area (Å²) >= 11 is 0. The second kappa shape index (κ2) is 9.37. The summed E-state index contributed by atoms with van der Waals surface area (Å²) in [5.41, 5.74) is 3.32. The molecule has 1 heterocycles. The molecule has 29 heavy (non-hydrogen) atoms. The SMILES string of the molecule is CCCCc1ccc(NC(=O)CCn2c(=O)c(N(C)C)nc3ccccc32)cc1. The van der Waals surface area contributed by atoms with E-state index in [2.05, 4.69) is 29.4 Å². The maximum absolute atomic E-state index is 12.8. The summed E-state index contributed by atoms with van der Waals surface area (Å²) in [6.07, 6.45) is 3.59. The fraction of sp³-hybridized carbons (Fsp3) is 0.348. The molecule has 6 heteroatoms. The number of aryl methyl sites for hydroxylation is 2. The zero-order valence-electron chi connectivity index (χ0n) is 17.3. The van der Waals surface area contributed by atoms with Crippen LogP contribution in [0.25, 0.3) is 11.0 Å². The number of carbonyl (C=O) groups is 1. The number of nitrogens with zero attached hydrogens (tertiary/aromatic N) is 3. The highest BCUT2D eigenvalue weighted by atomic mass is 16.2. The lowest BCUT2D eigenvalue weighted by molar-refractivity contribution is -0.116. The van der Waals surface area contributed by atoms with Gasteiger partial charge < -0.3 is 14.8 Å². The lowest BCUT2D eigenvalue weighted by Gasteiger charge is -2.16.